The molecule has 1 unspecified atom stereocenters. The van der Waals surface area contributed by atoms with Gasteiger partial charge in [0, 0.05) is 11.9 Å². The van der Waals surface area contributed by atoms with Crippen molar-refractivity contribution >= 4 is 34.8 Å². The largest absolute Gasteiger partial charge is 0.368 e. The van der Waals surface area contributed by atoms with Crippen LogP contribution in [0.1, 0.15) is 17.8 Å². The second kappa shape index (κ2) is 4.85. The van der Waals surface area contributed by atoms with Crippen molar-refractivity contribution in [2.24, 2.45) is 0 Å². The molecule has 0 aromatic carbocycles. The van der Waals surface area contributed by atoms with Gasteiger partial charge in [0.25, 0.3) is 0 Å². The first-order chi connectivity index (χ1) is 8.08. The normalized spacial score (nSPS) is 12.4. The molecule has 90 valence electrons. The van der Waals surface area contributed by atoms with Crippen LogP contribution >= 0.6 is 22.9 Å². The fraction of sp³-hybridized carbons (Fsp3) is 0.300. The van der Waals surface area contributed by atoms with E-state index in [2.05, 4.69) is 27.9 Å². The van der Waals surface area contributed by atoms with Gasteiger partial charge in [0.2, 0.25) is 17.2 Å². The van der Waals surface area contributed by atoms with Crippen LogP contribution in [0, 0.1) is 0 Å². The Kier molecular flexibility index (Phi) is 3.44. The Balaban J connectivity index is 2.27. The number of nitrogens with two attached hydrogens (primary N) is 1. The number of halogens is 1. The van der Waals surface area contributed by atoms with Crippen molar-refractivity contribution in [3.8, 4) is 0 Å². The molecule has 2 heterocycles. The molecule has 0 saturated carbocycles. The number of nitrogens with zero attached hydrogens (tertiary/aromatic N) is 4. The van der Waals surface area contributed by atoms with E-state index in [1.54, 1.807) is 11.3 Å². The molecule has 0 amide bonds. The van der Waals surface area contributed by atoms with Gasteiger partial charge < -0.3 is 10.6 Å². The predicted octanol–water partition coefficient (Wildman–Crippen LogP) is 2.37. The molecule has 17 heavy (non-hydrogen) atoms. The molecule has 2 rings (SSSR count). The van der Waals surface area contributed by atoms with E-state index in [1.807, 2.05) is 23.4 Å². The van der Waals surface area contributed by atoms with Crippen molar-refractivity contribution in [2.75, 3.05) is 17.7 Å². The zero-order valence-corrected chi connectivity index (χ0v) is 11.0. The summed E-state index contributed by atoms with van der Waals surface area (Å²) in [6.45, 7) is 2.07. The number of nitrogen functional groups attached to an aromatic ring is 1. The lowest BCUT2D eigenvalue weighted by atomic mass is 10.2. The summed E-state index contributed by atoms with van der Waals surface area (Å²) >= 11 is 7.44. The Morgan fingerprint density at radius 2 is 2.18 bits per heavy atom. The lowest BCUT2D eigenvalue weighted by Crippen LogP contribution is -2.23. The molecule has 2 aromatic rings. The Morgan fingerprint density at radius 3 is 2.76 bits per heavy atom. The van der Waals surface area contributed by atoms with E-state index < -0.39 is 0 Å². The van der Waals surface area contributed by atoms with Crippen LogP contribution in [0.25, 0.3) is 0 Å². The molecule has 0 aliphatic heterocycles. The lowest BCUT2D eigenvalue weighted by Gasteiger charge is -2.23. The van der Waals surface area contributed by atoms with E-state index in [0.717, 1.165) is 0 Å². The molecular weight excluding hydrogens is 258 g/mol. The number of hydrogen-bond acceptors (Lipinski definition) is 6. The van der Waals surface area contributed by atoms with Gasteiger partial charge in [-0.15, -0.1) is 11.3 Å². The molecule has 0 bridgehead atoms. The quantitative estimate of drug-likeness (QED) is 0.926. The van der Waals surface area contributed by atoms with Crippen molar-refractivity contribution in [3.63, 3.8) is 0 Å². The van der Waals surface area contributed by atoms with Crippen LogP contribution in [0.3, 0.4) is 0 Å². The van der Waals surface area contributed by atoms with E-state index in [1.165, 1.54) is 4.88 Å². The van der Waals surface area contributed by atoms with Crippen LogP contribution in [0.4, 0.5) is 11.9 Å². The van der Waals surface area contributed by atoms with Crippen LogP contribution in [-0.2, 0) is 0 Å². The minimum atomic E-state index is 0.109. The highest BCUT2D eigenvalue weighted by Crippen LogP contribution is 2.26. The van der Waals surface area contributed by atoms with Gasteiger partial charge in [0.1, 0.15) is 0 Å². The molecule has 5 nitrogen and oxygen atoms in total. The molecule has 0 fully saturated rings. The summed E-state index contributed by atoms with van der Waals surface area (Å²) in [5.41, 5.74) is 5.55. The molecule has 0 radical (unpaired) electrons. The summed E-state index contributed by atoms with van der Waals surface area (Å²) in [7, 11) is 1.90. The van der Waals surface area contributed by atoms with Crippen molar-refractivity contribution in [3.05, 3.63) is 27.7 Å². The summed E-state index contributed by atoms with van der Waals surface area (Å²) in [5.74, 6) is 0.605. The number of rotatable bonds is 3. The fourth-order valence-electron chi connectivity index (χ4n) is 1.41. The molecule has 0 aliphatic carbocycles. The summed E-state index contributed by atoms with van der Waals surface area (Å²) in [4.78, 5) is 15.0. The minimum Gasteiger partial charge on any atom is -0.368 e. The van der Waals surface area contributed by atoms with Gasteiger partial charge in [-0.2, -0.15) is 15.0 Å². The summed E-state index contributed by atoms with van der Waals surface area (Å²) in [5, 5.41) is 2.15. The van der Waals surface area contributed by atoms with E-state index >= 15 is 0 Å². The number of anilines is 2. The van der Waals surface area contributed by atoms with Crippen LogP contribution in [-0.4, -0.2) is 22.0 Å². The number of thiophene rings is 1. The first-order valence-electron chi connectivity index (χ1n) is 5.01. The average molecular weight is 270 g/mol. The Hall–Kier alpha value is -1.40. The summed E-state index contributed by atoms with van der Waals surface area (Å²) in [6, 6.07) is 4.24. The molecule has 7 heteroatoms. The molecule has 0 aliphatic rings. The Bertz CT molecular complexity index is 481. The zero-order valence-electron chi connectivity index (χ0n) is 9.46. The molecule has 1 atom stereocenters. The van der Waals surface area contributed by atoms with Gasteiger partial charge >= 0.3 is 0 Å². The monoisotopic (exact) mass is 269 g/mol. The van der Waals surface area contributed by atoms with Gasteiger partial charge in [-0.1, -0.05) is 6.07 Å². The number of hydrogen-bond donors (Lipinski definition) is 1. The average Bonchev–Trinajstić information content (AvgIpc) is 2.79. The minimum absolute atomic E-state index is 0.109. The standard InChI is InChI=1S/C10H12ClN5S/c1-6(7-4-3-5-17-7)16(2)10-14-8(11)13-9(12)15-10/h3-6H,1-2H3,(H2,12,13,14,15). The molecule has 2 N–H and O–H groups in total. The topological polar surface area (TPSA) is 67.9 Å². The maximum atomic E-state index is 5.76. The maximum absolute atomic E-state index is 5.76. The SMILES string of the molecule is CC(c1cccs1)N(C)c1nc(N)nc(Cl)n1. The predicted molar refractivity (Wildman–Crippen MR) is 70.4 cm³/mol. The van der Waals surface area contributed by atoms with Crippen LogP contribution in [0.5, 0.6) is 0 Å². The van der Waals surface area contributed by atoms with Crippen molar-refractivity contribution < 1.29 is 0 Å². The third kappa shape index (κ3) is 2.65. The molecular formula is C10H12ClN5S. The van der Waals surface area contributed by atoms with Crippen molar-refractivity contribution in [1.29, 1.82) is 0 Å². The highest BCUT2D eigenvalue weighted by Gasteiger charge is 2.16. The Labute approximate surface area is 108 Å². The van der Waals surface area contributed by atoms with Crippen molar-refractivity contribution in [1.82, 2.24) is 15.0 Å². The zero-order chi connectivity index (χ0) is 12.4. The second-order valence-corrected chi connectivity index (χ2v) is 4.88. The molecule has 0 saturated heterocycles. The third-order valence-electron chi connectivity index (χ3n) is 2.46. The third-order valence-corrected chi connectivity index (χ3v) is 3.68. The highest BCUT2D eigenvalue weighted by molar-refractivity contribution is 7.10. The highest BCUT2D eigenvalue weighted by atomic mass is 35.5. The smallest absolute Gasteiger partial charge is 0.231 e. The lowest BCUT2D eigenvalue weighted by molar-refractivity contribution is 0.725. The second-order valence-electron chi connectivity index (χ2n) is 3.56. The number of aromatic nitrogens is 3. The van der Waals surface area contributed by atoms with Crippen LogP contribution in [0.2, 0.25) is 5.28 Å². The van der Waals surface area contributed by atoms with E-state index in [4.69, 9.17) is 17.3 Å². The summed E-state index contributed by atoms with van der Waals surface area (Å²) in [6.07, 6.45) is 0. The Morgan fingerprint density at radius 1 is 1.41 bits per heavy atom. The van der Waals surface area contributed by atoms with E-state index in [-0.39, 0.29) is 17.3 Å². The van der Waals surface area contributed by atoms with Gasteiger partial charge in [-0.25, -0.2) is 0 Å². The molecule has 0 spiro atoms. The first-order valence-corrected chi connectivity index (χ1v) is 6.27. The first kappa shape index (κ1) is 12.1. The maximum Gasteiger partial charge on any atom is 0.231 e. The van der Waals surface area contributed by atoms with Gasteiger partial charge in [0.05, 0.1) is 6.04 Å². The van der Waals surface area contributed by atoms with Gasteiger partial charge in [-0.05, 0) is 30.0 Å². The van der Waals surface area contributed by atoms with E-state index in [0.29, 0.717) is 5.95 Å². The van der Waals surface area contributed by atoms with Gasteiger partial charge in [-0.3, -0.25) is 0 Å². The van der Waals surface area contributed by atoms with Gasteiger partial charge in [0.15, 0.2) is 0 Å². The fourth-order valence-corrected chi connectivity index (χ4v) is 2.39. The van der Waals surface area contributed by atoms with Crippen molar-refractivity contribution in [2.45, 2.75) is 13.0 Å². The van der Waals surface area contributed by atoms with Crippen LogP contribution in [0.15, 0.2) is 17.5 Å². The summed E-state index contributed by atoms with van der Waals surface area (Å²) < 4.78 is 0. The van der Waals surface area contributed by atoms with Crippen LogP contribution < -0.4 is 10.6 Å². The van der Waals surface area contributed by atoms with E-state index in [9.17, 15) is 0 Å². The molecule has 2 aromatic heterocycles.